The number of morpholine rings is 1. The smallest absolute Gasteiger partial charge is 0.267 e. The van der Waals surface area contributed by atoms with Gasteiger partial charge in [-0.1, -0.05) is 35.6 Å². The zero-order valence-electron chi connectivity index (χ0n) is 16.7. The molecule has 0 unspecified atom stereocenters. The SMILES string of the molecule is O=C(Nc1ccc(N2CCOCC2)cc1)c1cnc(N2CCc3ccccc3C2)s1. The number of ether oxygens (including phenoxy) is 1. The third-order valence-corrected chi connectivity index (χ3v) is 6.68. The number of nitrogens with one attached hydrogen (secondary N) is 1. The van der Waals surface area contributed by atoms with Crippen LogP contribution in [0.25, 0.3) is 0 Å². The summed E-state index contributed by atoms with van der Waals surface area (Å²) in [4.78, 5) is 22.4. The second-order valence-corrected chi connectivity index (χ2v) is 8.56. The second kappa shape index (κ2) is 8.45. The fourth-order valence-corrected chi connectivity index (χ4v) is 4.78. The molecule has 2 aromatic carbocycles. The molecule has 0 aliphatic carbocycles. The van der Waals surface area contributed by atoms with Crippen LogP contribution in [0.4, 0.5) is 16.5 Å². The van der Waals surface area contributed by atoms with Crippen molar-refractivity contribution in [3.8, 4) is 0 Å². The Morgan fingerprint density at radius 3 is 2.53 bits per heavy atom. The van der Waals surface area contributed by atoms with Crippen molar-refractivity contribution in [2.75, 3.05) is 48.0 Å². The van der Waals surface area contributed by atoms with Crippen molar-refractivity contribution in [1.82, 2.24) is 4.98 Å². The number of benzene rings is 2. The number of aromatic nitrogens is 1. The standard InChI is InChI=1S/C23H24N4O2S/c28-22(25-19-5-7-20(8-6-19)26-11-13-29-14-12-26)21-15-24-23(30-21)27-10-9-17-3-1-2-4-18(17)16-27/h1-8,15H,9-14,16H2,(H,25,28). The largest absolute Gasteiger partial charge is 0.378 e. The summed E-state index contributed by atoms with van der Waals surface area (Å²) in [7, 11) is 0. The molecule has 0 radical (unpaired) electrons. The van der Waals surface area contributed by atoms with E-state index in [9.17, 15) is 4.79 Å². The number of anilines is 3. The van der Waals surface area contributed by atoms with E-state index in [2.05, 4.69) is 44.4 Å². The molecule has 0 spiro atoms. The van der Waals surface area contributed by atoms with Crippen LogP contribution in [0, 0.1) is 0 Å². The lowest BCUT2D eigenvalue weighted by atomic mass is 10.0. The fourth-order valence-electron chi connectivity index (χ4n) is 3.94. The van der Waals surface area contributed by atoms with Crippen LogP contribution in [0.2, 0.25) is 0 Å². The van der Waals surface area contributed by atoms with Crippen molar-refractivity contribution < 1.29 is 9.53 Å². The molecule has 154 valence electrons. The number of hydrogen-bond donors (Lipinski definition) is 1. The zero-order valence-corrected chi connectivity index (χ0v) is 17.5. The minimum Gasteiger partial charge on any atom is -0.378 e. The van der Waals surface area contributed by atoms with Crippen LogP contribution >= 0.6 is 11.3 Å². The zero-order chi connectivity index (χ0) is 20.3. The number of rotatable bonds is 4. The Bertz CT molecular complexity index is 1030. The number of nitrogens with zero attached hydrogens (tertiary/aromatic N) is 3. The van der Waals surface area contributed by atoms with Gasteiger partial charge in [0.1, 0.15) is 4.88 Å². The Balaban J connectivity index is 1.23. The monoisotopic (exact) mass is 420 g/mol. The summed E-state index contributed by atoms with van der Waals surface area (Å²) in [5.41, 5.74) is 4.69. The Hall–Kier alpha value is -2.90. The predicted molar refractivity (Wildman–Crippen MR) is 121 cm³/mol. The van der Waals surface area contributed by atoms with Gasteiger partial charge in [0, 0.05) is 37.6 Å². The highest BCUT2D eigenvalue weighted by Crippen LogP contribution is 2.29. The van der Waals surface area contributed by atoms with E-state index >= 15 is 0 Å². The molecule has 1 aromatic heterocycles. The van der Waals surface area contributed by atoms with Crippen LogP contribution in [0.1, 0.15) is 20.8 Å². The van der Waals surface area contributed by atoms with Gasteiger partial charge in [-0.2, -0.15) is 0 Å². The van der Waals surface area contributed by atoms with Gasteiger partial charge >= 0.3 is 0 Å². The van der Waals surface area contributed by atoms with Crippen LogP contribution in [-0.2, 0) is 17.7 Å². The first-order chi connectivity index (χ1) is 14.8. The van der Waals surface area contributed by atoms with Crippen molar-refractivity contribution >= 4 is 33.8 Å². The van der Waals surface area contributed by atoms with Gasteiger partial charge in [-0.3, -0.25) is 4.79 Å². The minimum absolute atomic E-state index is 0.115. The van der Waals surface area contributed by atoms with Crippen molar-refractivity contribution in [2.24, 2.45) is 0 Å². The first-order valence-electron chi connectivity index (χ1n) is 10.3. The molecule has 0 atom stereocenters. The first-order valence-corrected chi connectivity index (χ1v) is 11.1. The van der Waals surface area contributed by atoms with Gasteiger partial charge in [-0.25, -0.2) is 4.98 Å². The third kappa shape index (κ3) is 4.04. The van der Waals surface area contributed by atoms with Crippen molar-refractivity contribution in [3.63, 3.8) is 0 Å². The number of amides is 1. The molecular formula is C23H24N4O2S. The summed E-state index contributed by atoms with van der Waals surface area (Å²) in [6, 6.07) is 16.5. The number of hydrogen-bond acceptors (Lipinski definition) is 6. The summed E-state index contributed by atoms with van der Waals surface area (Å²) in [6.07, 6.45) is 2.69. The molecular weight excluding hydrogens is 396 g/mol. The van der Waals surface area contributed by atoms with Crippen molar-refractivity contribution in [3.05, 3.63) is 70.7 Å². The summed E-state index contributed by atoms with van der Waals surface area (Å²) < 4.78 is 5.40. The van der Waals surface area contributed by atoms with E-state index in [0.717, 1.165) is 62.3 Å². The average Bonchev–Trinajstić information content (AvgIpc) is 3.30. The van der Waals surface area contributed by atoms with Gasteiger partial charge in [0.2, 0.25) is 0 Å². The summed E-state index contributed by atoms with van der Waals surface area (Å²) in [6.45, 7) is 5.08. The number of fused-ring (bicyclic) bond motifs is 1. The van der Waals surface area contributed by atoms with E-state index in [4.69, 9.17) is 4.74 Å². The average molecular weight is 421 g/mol. The highest BCUT2D eigenvalue weighted by atomic mass is 32.1. The van der Waals surface area contributed by atoms with E-state index < -0.39 is 0 Å². The van der Waals surface area contributed by atoms with Gasteiger partial charge in [0.15, 0.2) is 5.13 Å². The molecule has 2 aliphatic rings. The van der Waals surface area contributed by atoms with E-state index in [0.29, 0.717) is 4.88 Å². The van der Waals surface area contributed by atoms with Crippen LogP contribution in [0.15, 0.2) is 54.7 Å². The van der Waals surface area contributed by atoms with Gasteiger partial charge in [0.25, 0.3) is 5.91 Å². The normalized spacial score (nSPS) is 16.3. The molecule has 1 amide bonds. The maximum atomic E-state index is 12.7. The van der Waals surface area contributed by atoms with Gasteiger partial charge in [-0.15, -0.1) is 0 Å². The Kier molecular flexibility index (Phi) is 5.38. The predicted octanol–water partition coefficient (Wildman–Crippen LogP) is 3.79. The fraction of sp³-hybridized carbons (Fsp3) is 0.304. The quantitative estimate of drug-likeness (QED) is 0.696. The summed E-state index contributed by atoms with van der Waals surface area (Å²) in [5.74, 6) is -0.115. The molecule has 7 heteroatoms. The molecule has 6 nitrogen and oxygen atoms in total. The topological polar surface area (TPSA) is 57.7 Å². The van der Waals surface area contributed by atoms with Crippen LogP contribution in [0.5, 0.6) is 0 Å². The van der Waals surface area contributed by atoms with E-state index in [1.807, 2.05) is 24.3 Å². The summed E-state index contributed by atoms with van der Waals surface area (Å²) >= 11 is 1.45. The van der Waals surface area contributed by atoms with E-state index in [1.54, 1.807) is 6.20 Å². The number of carbonyl (C=O) groups excluding carboxylic acids is 1. The second-order valence-electron chi connectivity index (χ2n) is 7.55. The Morgan fingerprint density at radius 1 is 0.967 bits per heavy atom. The minimum atomic E-state index is -0.115. The maximum Gasteiger partial charge on any atom is 0.267 e. The third-order valence-electron chi connectivity index (χ3n) is 5.62. The molecule has 2 aliphatic heterocycles. The molecule has 3 aromatic rings. The van der Waals surface area contributed by atoms with Crippen LogP contribution in [-0.4, -0.2) is 43.7 Å². The molecule has 0 saturated carbocycles. The lowest BCUT2D eigenvalue weighted by Crippen LogP contribution is -2.36. The lowest BCUT2D eigenvalue weighted by molar-refractivity contribution is 0.103. The molecule has 5 rings (SSSR count). The molecule has 1 saturated heterocycles. The van der Waals surface area contributed by atoms with E-state index in [1.165, 1.54) is 22.5 Å². The number of carbonyl (C=O) groups is 1. The Labute approximate surface area is 180 Å². The summed E-state index contributed by atoms with van der Waals surface area (Å²) in [5, 5.41) is 3.89. The van der Waals surface area contributed by atoms with Crippen molar-refractivity contribution in [2.45, 2.75) is 13.0 Å². The van der Waals surface area contributed by atoms with Gasteiger partial charge in [-0.05, 0) is 41.8 Å². The highest BCUT2D eigenvalue weighted by molar-refractivity contribution is 7.17. The maximum absolute atomic E-state index is 12.7. The van der Waals surface area contributed by atoms with Gasteiger partial charge in [0.05, 0.1) is 19.4 Å². The highest BCUT2D eigenvalue weighted by Gasteiger charge is 2.20. The lowest BCUT2D eigenvalue weighted by Gasteiger charge is -2.28. The van der Waals surface area contributed by atoms with Crippen LogP contribution < -0.4 is 15.1 Å². The first kappa shape index (κ1) is 19.1. The number of thiazole rings is 1. The molecule has 1 N–H and O–H groups in total. The molecule has 3 heterocycles. The van der Waals surface area contributed by atoms with Gasteiger partial charge < -0.3 is 19.9 Å². The molecule has 0 bridgehead atoms. The van der Waals surface area contributed by atoms with Crippen LogP contribution in [0.3, 0.4) is 0 Å². The Morgan fingerprint density at radius 2 is 1.73 bits per heavy atom. The van der Waals surface area contributed by atoms with E-state index in [-0.39, 0.29) is 5.91 Å². The molecule has 1 fully saturated rings. The molecule has 30 heavy (non-hydrogen) atoms. The van der Waals surface area contributed by atoms with Crippen molar-refractivity contribution in [1.29, 1.82) is 0 Å².